The van der Waals surface area contributed by atoms with Crippen molar-refractivity contribution in [2.75, 3.05) is 11.4 Å². The summed E-state index contributed by atoms with van der Waals surface area (Å²) in [6.45, 7) is 4.10. The Morgan fingerprint density at radius 1 is 1.36 bits per heavy atom. The number of halogens is 1. The van der Waals surface area contributed by atoms with Gasteiger partial charge >= 0.3 is 0 Å². The Morgan fingerprint density at radius 3 is 2.50 bits per heavy atom. The van der Waals surface area contributed by atoms with Crippen molar-refractivity contribution in [3.63, 3.8) is 0 Å². The van der Waals surface area contributed by atoms with Crippen LogP contribution < -0.4 is 4.90 Å². The summed E-state index contributed by atoms with van der Waals surface area (Å²) in [5, 5.41) is 0. The summed E-state index contributed by atoms with van der Waals surface area (Å²) in [5.41, 5.74) is 0.363. The van der Waals surface area contributed by atoms with Crippen LogP contribution in [0.2, 0.25) is 0 Å². The Hall–Kier alpha value is -1.38. The number of benzene rings is 1. The molecule has 14 heavy (non-hydrogen) atoms. The second-order valence-electron chi connectivity index (χ2n) is 2.94. The molecular formula is C11H14FNO. The number of nitrogens with zero attached hydrogens (tertiary/aromatic N) is 1. The molecule has 1 aromatic carbocycles. The first-order chi connectivity index (χ1) is 6.70. The molecule has 2 nitrogen and oxygen atoms in total. The van der Waals surface area contributed by atoms with E-state index in [1.807, 2.05) is 6.92 Å². The second kappa shape index (κ2) is 4.74. The highest BCUT2D eigenvalue weighted by atomic mass is 19.1. The number of amides is 1. The minimum Gasteiger partial charge on any atom is -0.310 e. The van der Waals surface area contributed by atoms with Crippen LogP contribution in [0.3, 0.4) is 0 Å². The lowest BCUT2D eigenvalue weighted by atomic mass is 10.2. The lowest BCUT2D eigenvalue weighted by Crippen LogP contribution is -2.30. The third-order valence-corrected chi connectivity index (χ3v) is 2.06. The van der Waals surface area contributed by atoms with E-state index in [1.54, 1.807) is 25.1 Å². The summed E-state index contributed by atoms with van der Waals surface area (Å²) in [6.07, 6.45) is 0.391. The third-order valence-electron chi connectivity index (χ3n) is 2.06. The molecule has 0 saturated carbocycles. The molecule has 0 spiro atoms. The van der Waals surface area contributed by atoms with E-state index in [1.165, 1.54) is 11.0 Å². The standard InChI is InChI=1S/C11H14FNO/c1-3-11(14)13(4-2)10-8-6-5-7-9(10)12/h5-8H,3-4H2,1-2H3. The lowest BCUT2D eigenvalue weighted by Gasteiger charge is -2.20. The van der Waals surface area contributed by atoms with Gasteiger partial charge < -0.3 is 4.90 Å². The Balaban J connectivity index is 3.01. The molecule has 0 bridgehead atoms. The highest BCUT2D eigenvalue weighted by Gasteiger charge is 2.14. The van der Waals surface area contributed by atoms with Crippen molar-refractivity contribution in [2.24, 2.45) is 0 Å². The second-order valence-corrected chi connectivity index (χ2v) is 2.94. The van der Waals surface area contributed by atoms with E-state index in [0.29, 0.717) is 18.7 Å². The third kappa shape index (κ3) is 2.10. The fourth-order valence-corrected chi connectivity index (χ4v) is 1.34. The van der Waals surface area contributed by atoms with Crippen molar-refractivity contribution in [1.29, 1.82) is 0 Å². The van der Waals surface area contributed by atoms with Crippen LogP contribution in [0.15, 0.2) is 24.3 Å². The first-order valence-electron chi connectivity index (χ1n) is 4.75. The molecule has 76 valence electrons. The van der Waals surface area contributed by atoms with Crippen LogP contribution >= 0.6 is 0 Å². The highest BCUT2D eigenvalue weighted by Crippen LogP contribution is 2.18. The van der Waals surface area contributed by atoms with E-state index < -0.39 is 0 Å². The number of carbonyl (C=O) groups is 1. The number of anilines is 1. The van der Waals surface area contributed by atoms with Gasteiger partial charge in [-0.2, -0.15) is 0 Å². The van der Waals surface area contributed by atoms with Crippen molar-refractivity contribution in [1.82, 2.24) is 0 Å². The molecule has 0 fully saturated rings. The van der Waals surface area contributed by atoms with E-state index in [-0.39, 0.29) is 11.7 Å². The first-order valence-corrected chi connectivity index (χ1v) is 4.75. The summed E-state index contributed by atoms with van der Waals surface area (Å²) in [7, 11) is 0. The smallest absolute Gasteiger partial charge is 0.226 e. The normalized spacial score (nSPS) is 9.93. The van der Waals surface area contributed by atoms with Gasteiger partial charge in [0.15, 0.2) is 0 Å². The zero-order valence-electron chi connectivity index (χ0n) is 8.46. The molecule has 0 aromatic heterocycles. The van der Waals surface area contributed by atoms with E-state index in [0.717, 1.165) is 0 Å². The largest absolute Gasteiger partial charge is 0.310 e. The summed E-state index contributed by atoms with van der Waals surface area (Å²) in [5.74, 6) is -0.409. The zero-order chi connectivity index (χ0) is 10.6. The molecule has 3 heteroatoms. The van der Waals surface area contributed by atoms with Crippen LogP contribution in [0.5, 0.6) is 0 Å². The maximum Gasteiger partial charge on any atom is 0.226 e. The van der Waals surface area contributed by atoms with Crippen LogP contribution in [-0.2, 0) is 4.79 Å². The first kappa shape index (κ1) is 10.7. The predicted molar refractivity (Wildman–Crippen MR) is 54.7 cm³/mol. The SMILES string of the molecule is CCC(=O)N(CC)c1ccccc1F. The molecule has 0 aliphatic rings. The Labute approximate surface area is 83.3 Å². The molecule has 1 amide bonds. The maximum atomic E-state index is 13.3. The van der Waals surface area contributed by atoms with Gasteiger partial charge in [0.1, 0.15) is 5.82 Å². The summed E-state index contributed by atoms with van der Waals surface area (Å²) in [4.78, 5) is 12.9. The molecule has 0 unspecified atom stereocenters. The molecular weight excluding hydrogens is 181 g/mol. The topological polar surface area (TPSA) is 20.3 Å². The van der Waals surface area contributed by atoms with E-state index in [2.05, 4.69) is 0 Å². The average molecular weight is 195 g/mol. The van der Waals surface area contributed by atoms with Gasteiger partial charge in [0.2, 0.25) is 5.91 Å². The number of carbonyl (C=O) groups excluding carboxylic acids is 1. The molecule has 0 aliphatic heterocycles. The van der Waals surface area contributed by atoms with Gasteiger partial charge in [-0.05, 0) is 19.1 Å². The van der Waals surface area contributed by atoms with Gasteiger partial charge in [-0.3, -0.25) is 4.79 Å². The van der Waals surface area contributed by atoms with Gasteiger partial charge in [-0.1, -0.05) is 19.1 Å². The number of hydrogen-bond acceptors (Lipinski definition) is 1. The Morgan fingerprint density at radius 2 is 2.00 bits per heavy atom. The van der Waals surface area contributed by atoms with Crippen molar-refractivity contribution >= 4 is 11.6 Å². The van der Waals surface area contributed by atoms with Crippen LogP contribution in [0.25, 0.3) is 0 Å². The van der Waals surface area contributed by atoms with Crippen LogP contribution in [0, 0.1) is 5.82 Å². The van der Waals surface area contributed by atoms with Crippen LogP contribution in [0.4, 0.5) is 10.1 Å². The molecule has 0 N–H and O–H groups in total. The van der Waals surface area contributed by atoms with E-state index in [9.17, 15) is 9.18 Å². The van der Waals surface area contributed by atoms with Gasteiger partial charge in [-0.25, -0.2) is 4.39 Å². The molecule has 1 rings (SSSR count). The summed E-state index contributed by atoms with van der Waals surface area (Å²) < 4.78 is 13.3. The van der Waals surface area contributed by atoms with Crippen LogP contribution in [-0.4, -0.2) is 12.5 Å². The van der Waals surface area contributed by atoms with Gasteiger partial charge in [-0.15, -0.1) is 0 Å². The Kier molecular flexibility index (Phi) is 3.63. The highest BCUT2D eigenvalue weighted by molar-refractivity contribution is 5.93. The monoisotopic (exact) mass is 195 g/mol. The number of rotatable bonds is 3. The summed E-state index contributed by atoms with van der Waals surface area (Å²) in [6, 6.07) is 6.32. The fraction of sp³-hybridized carbons (Fsp3) is 0.364. The predicted octanol–water partition coefficient (Wildman–Crippen LogP) is 2.59. The minimum atomic E-state index is -0.351. The number of hydrogen-bond donors (Lipinski definition) is 0. The lowest BCUT2D eigenvalue weighted by molar-refractivity contribution is -0.118. The van der Waals surface area contributed by atoms with Gasteiger partial charge in [0, 0.05) is 13.0 Å². The molecule has 0 saturated heterocycles. The Bertz CT molecular complexity index is 325. The quantitative estimate of drug-likeness (QED) is 0.726. The molecule has 0 heterocycles. The molecule has 0 aliphatic carbocycles. The van der Waals surface area contributed by atoms with E-state index >= 15 is 0 Å². The molecule has 0 atom stereocenters. The van der Waals surface area contributed by atoms with Crippen molar-refractivity contribution in [2.45, 2.75) is 20.3 Å². The zero-order valence-corrected chi connectivity index (χ0v) is 8.46. The van der Waals surface area contributed by atoms with E-state index in [4.69, 9.17) is 0 Å². The maximum absolute atomic E-state index is 13.3. The van der Waals surface area contributed by atoms with Crippen molar-refractivity contribution < 1.29 is 9.18 Å². The minimum absolute atomic E-state index is 0.0578. The van der Waals surface area contributed by atoms with Gasteiger partial charge in [0.05, 0.1) is 5.69 Å². The average Bonchev–Trinajstić information content (AvgIpc) is 2.21. The number of para-hydroxylation sites is 1. The molecule has 0 radical (unpaired) electrons. The van der Waals surface area contributed by atoms with Crippen LogP contribution in [0.1, 0.15) is 20.3 Å². The van der Waals surface area contributed by atoms with Gasteiger partial charge in [0.25, 0.3) is 0 Å². The van der Waals surface area contributed by atoms with Crippen molar-refractivity contribution in [3.05, 3.63) is 30.1 Å². The summed E-state index contributed by atoms with van der Waals surface area (Å²) >= 11 is 0. The van der Waals surface area contributed by atoms with Crippen molar-refractivity contribution in [3.8, 4) is 0 Å². The molecule has 1 aromatic rings. The fourth-order valence-electron chi connectivity index (χ4n) is 1.34.